The lowest BCUT2D eigenvalue weighted by Crippen LogP contribution is -2.29. The Morgan fingerprint density at radius 2 is 2.40 bits per heavy atom. The zero-order chi connectivity index (χ0) is 6.69. The summed E-state index contributed by atoms with van der Waals surface area (Å²) in [6.07, 6.45) is 0. The number of nitrogens with one attached hydrogen (secondary N) is 1. The van der Waals surface area contributed by atoms with Crippen LogP contribution in [-0.4, -0.2) is 5.91 Å². The Kier molecular flexibility index (Phi) is 4.02. The van der Waals surface area contributed by atoms with Crippen molar-refractivity contribution in [1.82, 2.24) is 5.43 Å². The van der Waals surface area contributed by atoms with Crippen LogP contribution in [0.25, 0.3) is 0 Å². The predicted molar refractivity (Wildman–Crippen MR) is 43.2 cm³/mol. The summed E-state index contributed by atoms with van der Waals surface area (Å²) in [5, 5.41) is 3.56. The summed E-state index contributed by atoms with van der Waals surface area (Å²) in [6.45, 7) is 0. The fraction of sp³-hybridized carbons (Fsp3) is 0. The summed E-state index contributed by atoms with van der Waals surface area (Å²) in [5.41, 5.74) is 2.65. The molecule has 1 rings (SSSR count). The lowest BCUT2D eigenvalue weighted by molar-refractivity contribution is 0.0954. The van der Waals surface area contributed by atoms with E-state index in [0.717, 1.165) is 0 Å². The smallest absolute Gasteiger partial charge is 0.266 e. The molecule has 0 aromatic carbocycles. The number of thiophene rings is 1. The van der Waals surface area contributed by atoms with Crippen molar-refractivity contribution in [2.24, 2.45) is 5.84 Å². The lowest BCUT2D eigenvalue weighted by atomic mass is 10.3. The second-order valence-electron chi connectivity index (χ2n) is 1.49. The van der Waals surface area contributed by atoms with E-state index in [1.165, 1.54) is 11.3 Å². The second-order valence-corrected chi connectivity index (χ2v) is 2.27. The Morgan fingerprint density at radius 3 is 2.80 bits per heavy atom. The van der Waals surface area contributed by atoms with Gasteiger partial charge in [-0.05, 0) is 11.4 Å². The Morgan fingerprint density at radius 1 is 1.70 bits per heavy atom. The highest BCUT2D eigenvalue weighted by Crippen LogP contribution is 2.04. The van der Waals surface area contributed by atoms with Gasteiger partial charge in [0.25, 0.3) is 5.91 Å². The number of hydrazine groups is 1. The van der Waals surface area contributed by atoms with Crippen molar-refractivity contribution in [3.05, 3.63) is 22.4 Å². The first-order valence-electron chi connectivity index (χ1n) is 2.37. The molecule has 3 N–H and O–H groups in total. The quantitative estimate of drug-likeness (QED) is 0.379. The normalized spacial score (nSPS) is 8.10. The highest BCUT2D eigenvalue weighted by atomic mass is 35.5. The zero-order valence-corrected chi connectivity index (χ0v) is 6.67. The highest BCUT2D eigenvalue weighted by molar-refractivity contribution is 7.08. The largest absolute Gasteiger partial charge is 0.290 e. The van der Waals surface area contributed by atoms with E-state index in [1.54, 1.807) is 11.4 Å². The Hall–Kier alpha value is -0.580. The summed E-state index contributed by atoms with van der Waals surface area (Å²) < 4.78 is 0. The van der Waals surface area contributed by atoms with Crippen molar-refractivity contribution < 1.29 is 4.79 Å². The van der Waals surface area contributed by atoms with Crippen LogP contribution in [0.3, 0.4) is 0 Å². The average Bonchev–Trinajstić information content (AvgIpc) is 2.37. The first-order chi connectivity index (χ1) is 4.34. The minimum absolute atomic E-state index is 0. The molecular weight excluding hydrogens is 172 g/mol. The fourth-order valence-electron chi connectivity index (χ4n) is 0.477. The molecule has 0 saturated carbocycles. The van der Waals surface area contributed by atoms with Gasteiger partial charge in [0, 0.05) is 5.38 Å². The summed E-state index contributed by atoms with van der Waals surface area (Å²) in [5.74, 6) is 4.63. The van der Waals surface area contributed by atoms with Crippen molar-refractivity contribution in [2.45, 2.75) is 0 Å². The lowest BCUT2D eigenvalue weighted by Gasteiger charge is -1.90. The standard InChI is InChI=1S/C5H6N2OS.ClH/c6-7-5(8)4-1-2-9-3-4;/h1-3H,6H2,(H,7,8);1H. The van der Waals surface area contributed by atoms with Crippen LogP contribution in [0, 0.1) is 0 Å². The first-order valence-corrected chi connectivity index (χ1v) is 3.32. The number of hydrogen-bond donors (Lipinski definition) is 2. The van der Waals surface area contributed by atoms with E-state index in [-0.39, 0.29) is 18.3 Å². The molecule has 0 bridgehead atoms. The molecule has 0 aliphatic rings. The van der Waals surface area contributed by atoms with E-state index in [4.69, 9.17) is 5.84 Å². The molecule has 10 heavy (non-hydrogen) atoms. The number of amides is 1. The molecule has 0 spiro atoms. The van der Waals surface area contributed by atoms with Crippen LogP contribution >= 0.6 is 23.7 Å². The van der Waals surface area contributed by atoms with Crippen LogP contribution in [-0.2, 0) is 0 Å². The van der Waals surface area contributed by atoms with Gasteiger partial charge in [0.2, 0.25) is 0 Å². The average molecular weight is 179 g/mol. The van der Waals surface area contributed by atoms with Crippen molar-refractivity contribution >= 4 is 29.7 Å². The van der Waals surface area contributed by atoms with Gasteiger partial charge in [-0.2, -0.15) is 11.3 Å². The van der Waals surface area contributed by atoms with Crippen molar-refractivity contribution in [3.63, 3.8) is 0 Å². The van der Waals surface area contributed by atoms with Gasteiger partial charge in [0.15, 0.2) is 0 Å². The van der Waals surface area contributed by atoms with Crippen LogP contribution < -0.4 is 11.3 Å². The number of rotatable bonds is 1. The Balaban J connectivity index is 0.000000810. The van der Waals surface area contributed by atoms with Crippen LogP contribution in [0.5, 0.6) is 0 Å². The van der Waals surface area contributed by atoms with Crippen LogP contribution in [0.15, 0.2) is 16.8 Å². The van der Waals surface area contributed by atoms with E-state index >= 15 is 0 Å². The van der Waals surface area contributed by atoms with E-state index in [2.05, 4.69) is 0 Å². The van der Waals surface area contributed by atoms with Gasteiger partial charge in [0.1, 0.15) is 0 Å². The van der Waals surface area contributed by atoms with Crippen LogP contribution in [0.2, 0.25) is 0 Å². The molecule has 56 valence electrons. The third kappa shape index (κ3) is 1.98. The van der Waals surface area contributed by atoms with Gasteiger partial charge in [0.05, 0.1) is 5.56 Å². The number of nitrogen functional groups attached to an aromatic ring is 1. The molecule has 0 fully saturated rings. The third-order valence-corrected chi connectivity index (χ3v) is 1.60. The summed E-state index contributed by atoms with van der Waals surface area (Å²) in [6, 6.07) is 1.72. The second kappa shape index (κ2) is 4.27. The Labute approximate surface area is 68.6 Å². The van der Waals surface area contributed by atoms with Gasteiger partial charge in [-0.25, -0.2) is 5.84 Å². The molecule has 0 atom stereocenters. The molecular formula is C5H7ClN2OS. The molecule has 0 radical (unpaired) electrons. The third-order valence-electron chi connectivity index (χ3n) is 0.914. The van der Waals surface area contributed by atoms with E-state index < -0.39 is 0 Å². The van der Waals surface area contributed by atoms with Crippen molar-refractivity contribution in [3.8, 4) is 0 Å². The maximum absolute atomic E-state index is 10.6. The number of nitrogens with two attached hydrogens (primary N) is 1. The Bertz CT molecular complexity index is 199. The molecule has 0 aliphatic heterocycles. The number of carbonyl (C=O) groups is 1. The molecule has 0 saturated heterocycles. The van der Waals surface area contributed by atoms with Gasteiger partial charge in [-0.1, -0.05) is 0 Å². The van der Waals surface area contributed by atoms with Crippen molar-refractivity contribution in [1.29, 1.82) is 0 Å². The van der Waals surface area contributed by atoms with Gasteiger partial charge in [-0.3, -0.25) is 10.2 Å². The number of halogens is 1. The first kappa shape index (κ1) is 9.42. The fourth-order valence-corrected chi connectivity index (χ4v) is 1.11. The monoisotopic (exact) mass is 178 g/mol. The zero-order valence-electron chi connectivity index (χ0n) is 5.03. The SMILES string of the molecule is Cl.NNC(=O)c1ccsc1. The maximum atomic E-state index is 10.6. The summed E-state index contributed by atoms with van der Waals surface area (Å²) in [7, 11) is 0. The summed E-state index contributed by atoms with van der Waals surface area (Å²) in [4.78, 5) is 10.6. The minimum atomic E-state index is -0.240. The van der Waals surface area contributed by atoms with Crippen molar-refractivity contribution in [2.75, 3.05) is 0 Å². The molecule has 5 heteroatoms. The number of hydrogen-bond acceptors (Lipinski definition) is 3. The number of carbonyl (C=O) groups excluding carboxylic acids is 1. The van der Waals surface area contributed by atoms with Gasteiger partial charge < -0.3 is 0 Å². The van der Waals surface area contributed by atoms with Crippen LogP contribution in [0.1, 0.15) is 10.4 Å². The van der Waals surface area contributed by atoms with E-state index in [9.17, 15) is 4.79 Å². The molecule has 0 aliphatic carbocycles. The van der Waals surface area contributed by atoms with Crippen LogP contribution in [0.4, 0.5) is 0 Å². The highest BCUT2D eigenvalue weighted by Gasteiger charge is 2.00. The van der Waals surface area contributed by atoms with Gasteiger partial charge in [-0.15, -0.1) is 12.4 Å². The van der Waals surface area contributed by atoms with E-state index in [0.29, 0.717) is 5.56 Å². The summed E-state index contributed by atoms with van der Waals surface area (Å²) >= 11 is 1.47. The molecule has 1 aromatic heterocycles. The minimum Gasteiger partial charge on any atom is -0.290 e. The van der Waals surface area contributed by atoms with E-state index in [1.807, 2.05) is 10.8 Å². The van der Waals surface area contributed by atoms with Gasteiger partial charge >= 0.3 is 0 Å². The predicted octanol–water partition coefficient (Wildman–Crippen LogP) is 0.773. The molecule has 3 nitrogen and oxygen atoms in total. The topological polar surface area (TPSA) is 55.1 Å². The molecule has 0 unspecified atom stereocenters. The molecule has 1 aromatic rings. The maximum Gasteiger partial charge on any atom is 0.266 e. The molecule has 1 amide bonds. The molecule has 1 heterocycles.